The number of nitrogens with one attached hydrogen (secondary N) is 2. The molecule has 0 unspecified atom stereocenters. The highest BCUT2D eigenvalue weighted by Crippen LogP contribution is 2.25. The van der Waals surface area contributed by atoms with E-state index in [0.29, 0.717) is 12.8 Å². The van der Waals surface area contributed by atoms with Gasteiger partial charge in [-0.2, -0.15) is 4.31 Å². The van der Waals surface area contributed by atoms with Crippen LogP contribution in [0.2, 0.25) is 0 Å². The number of amides is 1. The van der Waals surface area contributed by atoms with Gasteiger partial charge in [-0.15, -0.1) is 0 Å². The Morgan fingerprint density at radius 1 is 0.935 bits per heavy atom. The van der Waals surface area contributed by atoms with Crippen LogP contribution in [0.15, 0.2) is 41.3 Å². The van der Waals surface area contributed by atoms with E-state index in [0.717, 1.165) is 43.0 Å². The van der Waals surface area contributed by atoms with Gasteiger partial charge >= 0.3 is 0 Å². The topological polar surface area (TPSA) is 113 Å². The summed E-state index contributed by atoms with van der Waals surface area (Å²) in [5.41, 5.74) is -0.436. The van der Waals surface area contributed by atoms with Crippen LogP contribution in [0.1, 0.15) is 29.6 Å². The fourth-order valence-electron chi connectivity index (χ4n) is 3.17. The van der Waals surface area contributed by atoms with Gasteiger partial charge in [-0.3, -0.25) is 9.52 Å². The molecule has 12 heteroatoms. The van der Waals surface area contributed by atoms with Gasteiger partial charge in [0.15, 0.2) is 0 Å². The third kappa shape index (κ3) is 5.57. The molecule has 1 heterocycles. The Bertz CT molecular complexity index is 1210. The summed E-state index contributed by atoms with van der Waals surface area (Å²) < 4.78 is 79.6. The standard InChI is InChI=1S/C19H21F2N3O5S2/c1-30(26,27)23-17-12-14(6-8-15(17)20)22-19(25)13-5-7-16(21)18(11-13)31(28,29)24-9-3-2-4-10-24/h5-8,11-12,23H,2-4,9-10H2,1H3,(H,22,25). The number of rotatable bonds is 6. The predicted molar refractivity (Wildman–Crippen MR) is 112 cm³/mol. The number of sulfonamides is 2. The first-order valence-corrected chi connectivity index (χ1v) is 12.7. The van der Waals surface area contributed by atoms with Crippen molar-refractivity contribution in [2.45, 2.75) is 24.2 Å². The average molecular weight is 474 g/mol. The van der Waals surface area contributed by atoms with E-state index in [2.05, 4.69) is 5.32 Å². The molecule has 0 aliphatic carbocycles. The average Bonchev–Trinajstić information content (AvgIpc) is 2.70. The number of carbonyl (C=O) groups excluding carboxylic acids is 1. The van der Waals surface area contributed by atoms with Crippen LogP contribution >= 0.6 is 0 Å². The van der Waals surface area contributed by atoms with Crippen LogP contribution in [0.4, 0.5) is 20.2 Å². The van der Waals surface area contributed by atoms with Gasteiger partial charge in [0, 0.05) is 24.3 Å². The van der Waals surface area contributed by atoms with Crippen molar-refractivity contribution in [1.29, 1.82) is 0 Å². The van der Waals surface area contributed by atoms with E-state index in [1.165, 1.54) is 10.4 Å². The minimum Gasteiger partial charge on any atom is -0.322 e. The third-order valence-electron chi connectivity index (χ3n) is 4.65. The summed E-state index contributed by atoms with van der Waals surface area (Å²) in [4.78, 5) is 12.0. The van der Waals surface area contributed by atoms with Crippen LogP contribution in [0, 0.1) is 11.6 Å². The zero-order valence-electron chi connectivity index (χ0n) is 16.6. The maximum Gasteiger partial charge on any atom is 0.255 e. The van der Waals surface area contributed by atoms with Crippen molar-refractivity contribution in [3.05, 3.63) is 53.6 Å². The summed E-state index contributed by atoms with van der Waals surface area (Å²) in [5, 5.41) is 2.42. The number of anilines is 2. The van der Waals surface area contributed by atoms with Crippen molar-refractivity contribution in [2.75, 3.05) is 29.4 Å². The van der Waals surface area contributed by atoms with Crippen molar-refractivity contribution < 1.29 is 30.4 Å². The number of nitrogens with zero attached hydrogens (tertiary/aromatic N) is 1. The first-order valence-electron chi connectivity index (χ1n) is 9.36. The molecule has 31 heavy (non-hydrogen) atoms. The van der Waals surface area contributed by atoms with E-state index in [-0.39, 0.29) is 30.0 Å². The van der Waals surface area contributed by atoms with Gasteiger partial charge in [-0.1, -0.05) is 6.42 Å². The van der Waals surface area contributed by atoms with E-state index < -0.39 is 42.5 Å². The Labute approximate surface area is 179 Å². The minimum atomic E-state index is -4.10. The van der Waals surface area contributed by atoms with Gasteiger partial charge in [-0.25, -0.2) is 25.6 Å². The Morgan fingerprint density at radius 3 is 2.23 bits per heavy atom. The molecule has 0 saturated carbocycles. The molecule has 3 rings (SSSR count). The van der Waals surface area contributed by atoms with Crippen LogP contribution in [0.25, 0.3) is 0 Å². The molecule has 2 N–H and O–H groups in total. The Balaban J connectivity index is 1.86. The van der Waals surface area contributed by atoms with Gasteiger partial charge < -0.3 is 5.32 Å². The van der Waals surface area contributed by atoms with E-state index in [1.54, 1.807) is 0 Å². The largest absolute Gasteiger partial charge is 0.322 e. The van der Waals surface area contributed by atoms with E-state index in [1.807, 2.05) is 4.72 Å². The Hall–Kier alpha value is -2.57. The van der Waals surface area contributed by atoms with Gasteiger partial charge in [0.2, 0.25) is 20.0 Å². The van der Waals surface area contributed by atoms with Gasteiger partial charge in [0.1, 0.15) is 16.5 Å². The lowest BCUT2D eigenvalue weighted by molar-refractivity contribution is 0.102. The molecule has 0 bridgehead atoms. The highest BCUT2D eigenvalue weighted by Gasteiger charge is 2.29. The van der Waals surface area contributed by atoms with Crippen LogP contribution in [0.3, 0.4) is 0 Å². The third-order valence-corrected chi connectivity index (χ3v) is 7.15. The second-order valence-corrected chi connectivity index (χ2v) is 10.8. The summed E-state index contributed by atoms with van der Waals surface area (Å²) in [6.07, 6.45) is 3.09. The first-order chi connectivity index (χ1) is 14.5. The van der Waals surface area contributed by atoms with E-state index in [9.17, 15) is 30.4 Å². The Morgan fingerprint density at radius 2 is 1.58 bits per heavy atom. The molecule has 0 atom stereocenters. The number of piperidine rings is 1. The molecule has 8 nitrogen and oxygen atoms in total. The van der Waals surface area contributed by atoms with Crippen LogP contribution < -0.4 is 10.0 Å². The van der Waals surface area contributed by atoms with Gasteiger partial charge in [-0.05, 0) is 49.2 Å². The Kier molecular flexibility index (Phi) is 6.62. The molecule has 1 fully saturated rings. The smallest absolute Gasteiger partial charge is 0.255 e. The second-order valence-electron chi connectivity index (χ2n) is 7.13. The molecule has 1 aliphatic rings. The molecule has 2 aromatic rings. The highest BCUT2D eigenvalue weighted by molar-refractivity contribution is 7.92. The van der Waals surface area contributed by atoms with Crippen LogP contribution in [-0.4, -0.2) is 46.4 Å². The summed E-state index contributed by atoms with van der Waals surface area (Å²) >= 11 is 0. The normalized spacial score (nSPS) is 15.5. The molecule has 1 saturated heterocycles. The number of benzene rings is 2. The van der Waals surface area contributed by atoms with Crippen LogP contribution in [-0.2, 0) is 20.0 Å². The number of hydrogen-bond donors (Lipinski definition) is 2. The maximum atomic E-state index is 14.3. The first kappa shape index (κ1) is 23.1. The number of hydrogen-bond acceptors (Lipinski definition) is 5. The van der Waals surface area contributed by atoms with Gasteiger partial charge in [0.05, 0.1) is 11.9 Å². The summed E-state index contributed by atoms with van der Waals surface area (Å²) in [6, 6.07) is 6.21. The molecule has 1 aliphatic heterocycles. The monoisotopic (exact) mass is 473 g/mol. The van der Waals surface area contributed by atoms with Crippen LogP contribution in [0.5, 0.6) is 0 Å². The molecule has 0 spiro atoms. The lowest BCUT2D eigenvalue weighted by Crippen LogP contribution is -2.36. The molecular weight excluding hydrogens is 452 g/mol. The highest BCUT2D eigenvalue weighted by atomic mass is 32.2. The quantitative estimate of drug-likeness (QED) is 0.670. The molecule has 0 radical (unpaired) electrons. The maximum absolute atomic E-state index is 14.3. The summed E-state index contributed by atoms with van der Waals surface area (Å²) in [7, 11) is -7.85. The number of carbonyl (C=O) groups is 1. The minimum absolute atomic E-state index is 0.0577. The van der Waals surface area contributed by atoms with Crippen molar-refractivity contribution in [2.24, 2.45) is 0 Å². The zero-order chi connectivity index (χ0) is 22.8. The molecule has 2 aromatic carbocycles. The molecule has 1 amide bonds. The van der Waals surface area contributed by atoms with E-state index in [4.69, 9.17) is 0 Å². The molecule has 0 aromatic heterocycles. The van der Waals surface area contributed by atoms with Crippen molar-refractivity contribution >= 4 is 37.3 Å². The summed E-state index contributed by atoms with van der Waals surface area (Å²) in [6.45, 7) is 0.563. The summed E-state index contributed by atoms with van der Waals surface area (Å²) in [5.74, 6) is -2.59. The fourth-order valence-corrected chi connectivity index (χ4v) is 5.33. The lowest BCUT2D eigenvalue weighted by Gasteiger charge is -2.26. The second kappa shape index (κ2) is 8.89. The lowest BCUT2D eigenvalue weighted by atomic mass is 10.2. The van der Waals surface area contributed by atoms with Crippen molar-refractivity contribution in [3.63, 3.8) is 0 Å². The number of halogens is 2. The van der Waals surface area contributed by atoms with Crippen molar-refractivity contribution in [3.8, 4) is 0 Å². The van der Waals surface area contributed by atoms with E-state index >= 15 is 0 Å². The predicted octanol–water partition coefficient (Wildman–Crippen LogP) is 2.76. The zero-order valence-corrected chi connectivity index (χ0v) is 18.2. The molecular formula is C19H21F2N3O5S2. The SMILES string of the molecule is CS(=O)(=O)Nc1cc(NC(=O)c2ccc(F)c(S(=O)(=O)N3CCCCC3)c2)ccc1F. The van der Waals surface area contributed by atoms with Gasteiger partial charge in [0.25, 0.3) is 5.91 Å². The fraction of sp³-hybridized carbons (Fsp3) is 0.316. The van der Waals surface area contributed by atoms with Crippen molar-refractivity contribution in [1.82, 2.24) is 4.31 Å². The molecule has 168 valence electrons.